The molecule has 0 saturated carbocycles. The molecule has 1 amide bonds. The maximum Gasteiger partial charge on any atom is 0.305 e. The summed E-state index contributed by atoms with van der Waals surface area (Å²) >= 11 is 0. The third-order valence-corrected chi connectivity index (χ3v) is 7.65. The Kier molecular flexibility index (Phi) is 9.78. The number of rotatable bonds is 14. The molecule has 3 rings (SSSR count). The first-order valence-electron chi connectivity index (χ1n) is 12.3. The maximum absolute atomic E-state index is 13.2. The number of fused-ring (bicyclic) bond motifs is 1. The molecule has 0 unspecified atom stereocenters. The summed E-state index contributed by atoms with van der Waals surface area (Å²) in [5, 5.41) is 11.8. The molecular weight excluding hydrogens is 526 g/mol. The first kappa shape index (κ1) is 29.7. The number of carboxylic acids is 1. The van der Waals surface area contributed by atoms with Gasteiger partial charge in [-0.3, -0.25) is 9.59 Å². The van der Waals surface area contributed by atoms with Gasteiger partial charge >= 0.3 is 5.97 Å². The van der Waals surface area contributed by atoms with Gasteiger partial charge in [0, 0.05) is 18.7 Å². The lowest BCUT2D eigenvalue weighted by Crippen LogP contribution is -2.38. The molecule has 2 aromatic carbocycles. The Balaban J connectivity index is 1.95. The lowest BCUT2D eigenvalue weighted by Gasteiger charge is -2.25. The predicted octanol–water partition coefficient (Wildman–Crippen LogP) is 1.68. The largest absolute Gasteiger partial charge is 0.487 e. The van der Waals surface area contributed by atoms with Crippen LogP contribution < -0.4 is 14.8 Å². The number of amides is 1. The Morgan fingerprint density at radius 2 is 1.90 bits per heavy atom. The van der Waals surface area contributed by atoms with E-state index in [1.165, 1.54) is 18.2 Å². The quantitative estimate of drug-likeness (QED) is 0.250. The summed E-state index contributed by atoms with van der Waals surface area (Å²) in [6.45, 7) is 4.63. The molecule has 3 N–H and O–H groups in total. The SMILES string of the molecule is C[C@@H](Oc1cc(C(=O)NCCN(C)C)ccc1S(=O)(=O)N[C@H](C=O)CC(=O)O)[C@H](C)n1cnc2ccccc21. The number of carbonyl (C=O) groups is 3. The van der Waals surface area contributed by atoms with Gasteiger partial charge in [-0.15, -0.1) is 0 Å². The number of nitrogens with zero attached hydrogens (tertiary/aromatic N) is 3. The van der Waals surface area contributed by atoms with Crippen LogP contribution in [0.2, 0.25) is 0 Å². The molecule has 0 aliphatic heterocycles. The van der Waals surface area contributed by atoms with Gasteiger partial charge in [-0.25, -0.2) is 18.1 Å². The molecule has 39 heavy (non-hydrogen) atoms. The van der Waals surface area contributed by atoms with Crippen molar-refractivity contribution in [1.29, 1.82) is 0 Å². The van der Waals surface area contributed by atoms with E-state index in [0.29, 0.717) is 13.1 Å². The number of carboxylic acid groups (broad SMARTS) is 1. The van der Waals surface area contributed by atoms with E-state index in [9.17, 15) is 22.8 Å². The molecule has 1 aromatic heterocycles. The number of hydrogen-bond acceptors (Lipinski definition) is 8. The number of ether oxygens (including phenoxy) is 1. The molecule has 12 nitrogen and oxygen atoms in total. The van der Waals surface area contributed by atoms with Gasteiger partial charge in [0.05, 0.1) is 35.9 Å². The number of hydrogen-bond donors (Lipinski definition) is 3. The van der Waals surface area contributed by atoms with Crippen molar-refractivity contribution < 1.29 is 32.6 Å². The maximum atomic E-state index is 13.2. The zero-order valence-electron chi connectivity index (χ0n) is 22.2. The number of sulfonamides is 1. The van der Waals surface area contributed by atoms with Gasteiger partial charge < -0.3 is 29.4 Å². The first-order valence-corrected chi connectivity index (χ1v) is 13.8. The van der Waals surface area contributed by atoms with E-state index >= 15 is 0 Å². The minimum Gasteiger partial charge on any atom is -0.487 e. The molecule has 210 valence electrons. The number of para-hydroxylation sites is 2. The van der Waals surface area contributed by atoms with Crippen LogP contribution >= 0.6 is 0 Å². The molecule has 0 radical (unpaired) electrons. The highest BCUT2D eigenvalue weighted by Gasteiger charge is 2.28. The Bertz CT molecular complexity index is 1440. The van der Waals surface area contributed by atoms with E-state index in [0.717, 1.165) is 11.0 Å². The van der Waals surface area contributed by atoms with Crippen LogP contribution in [0.15, 0.2) is 53.7 Å². The predicted molar refractivity (Wildman–Crippen MR) is 144 cm³/mol. The lowest BCUT2D eigenvalue weighted by atomic mass is 10.1. The monoisotopic (exact) mass is 559 g/mol. The summed E-state index contributed by atoms with van der Waals surface area (Å²) in [4.78, 5) is 41.1. The van der Waals surface area contributed by atoms with Crippen LogP contribution in [-0.4, -0.2) is 85.5 Å². The van der Waals surface area contributed by atoms with Gasteiger partial charge in [0.1, 0.15) is 23.0 Å². The van der Waals surface area contributed by atoms with Crippen molar-refractivity contribution >= 4 is 39.2 Å². The van der Waals surface area contributed by atoms with Crippen LogP contribution in [0.4, 0.5) is 0 Å². The number of aldehydes is 1. The van der Waals surface area contributed by atoms with E-state index in [2.05, 4.69) is 15.0 Å². The molecule has 13 heteroatoms. The molecular formula is C26H33N5O7S. The number of benzene rings is 2. The van der Waals surface area contributed by atoms with Crippen molar-refractivity contribution in [3.8, 4) is 5.75 Å². The van der Waals surface area contributed by atoms with Gasteiger partial charge in [0.15, 0.2) is 0 Å². The van der Waals surface area contributed by atoms with Crippen LogP contribution in [0.3, 0.4) is 0 Å². The van der Waals surface area contributed by atoms with E-state index in [1.54, 1.807) is 13.3 Å². The van der Waals surface area contributed by atoms with Gasteiger partial charge in [0.2, 0.25) is 10.0 Å². The van der Waals surface area contributed by atoms with E-state index in [4.69, 9.17) is 9.84 Å². The molecule has 0 bridgehead atoms. The standard InChI is InChI=1S/C26H33N5O7S/c1-17(31-16-28-21-7-5-6-8-22(21)31)18(2)38-23-13-19(26(35)27-11-12-30(3)4)9-10-24(23)39(36,37)29-20(15-32)14-25(33)34/h5-10,13,15-18,20,29H,11-12,14H2,1-4H3,(H,27,35)(H,33,34)/t17-,18+,20-/m0/s1. The van der Waals surface area contributed by atoms with Gasteiger partial charge in [-0.05, 0) is 58.3 Å². The fourth-order valence-corrected chi connectivity index (χ4v) is 5.14. The second kappa shape index (κ2) is 12.8. The van der Waals surface area contributed by atoms with Crippen LogP contribution in [0.1, 0.15) is 36.7 Å². The second-order valence-corrected chi connectivity index (χ2v) is 11.1. The molecule has 0 fully saturated rings. The topological polar surface area (TPSA) is 160 Å². The van der Waals surface area contributed by atoms with Crippen LogP contribution in [-0.2, 0) is 19.6 Å². The number of imidazole rings is 1. The van der Waals surface area contributed by atoms with Crippen molar-refractivity contribution in [2.75, 3.05) is 27.2 Å². The highest BCUT2D eigenvalue weighted by atomic mass is 32.2. The zero-order valence-corrected chi connectivity index (χ0v) is 23.0. The molecule has 3 aromatic rings. The number of carbonyl (C=O) groups excluding carboxylic acids is 2. The average Bonchev–Trinajstić information content (AvgIpc) is 3.31. The summed E-state index contributed by atoms with van der Waals surface area (Å²) in [6.07, 6.45) is 0.563. The number of aromatic nitrogens is 2. The second-order valence-electron chi connectivity index (χ2n) is 9.39. The Labute approximate surface area is 227 Å². The average molecular weight is 560 g/mol. The lowest BCUT2D eigenvalue weighted by molar-refractivity contribution is -0.138. The highest BCUT2D eigenvalue weighted by Crippen LogP contribution is 2.30. The molecule has 0 aliphatic rings. The minimum absolute atomic E-state index is 0.119. The molecule has 0 saturated heterocycles. The fourth-order valence-electron chi connectivity index (χ4n) is 3.85. The zero-order chi connectivity index (χ0) is 28.7. The molecule has 1 heterocycles. The van der Waals surface area contributed by atoms with E-state index in [1.807, 2.05) is 54.8 Å². The summed E-state index contributed by atoms with van der Waals surface area (Å²) in [5.41, 5.74) is 1.83. The van der Waals surface area contributed by atoms with Gasteiger partial charge in [-0.2, -0.15) is 0 Å². The summed E-state index contributed by atoms with van der Waals surface area (Å²) in [7, 11) is -0.668. The number of likely N-dealkylation sites (N-methyl/N-ethyl adjacent to an activating group) is 1. The van der Waals surface area contributed by atoms with Crippen LogP contribution in [0.25, 0.3) is 11.0 Å². The first-order chi connectivity index (χ1) is 18.4. The third kappa shape index (κ3) is 7.62. The van der Waals surface area contributed by atoms with Gasteiger partial charge in [0.25, 0.3) is 5.91 Å². The van der Waals surface area contributed by atoms with Gasteiger partial charge in [-0.1, -0.05) is 12.1 Å². The van der Waals surface area contributed by atoms with Crippen LogP contribution in [0.5, 0.6) is 5.75 Å². The minimum atomic E-state index is -4.41. The van der Waals surface area contributed by atoms with Crippen molar-refractivity contribution in [1.82, 2.24) is 24.5 Å². The van der Waals surface area contributed by atoms with Crippen molar-refractivity contribution in [2.45, 2.75) is 43.4 Å². The smallest absolute Gasteiger partial charge is 0.305 e. The Morgan fingerprint density at radius 3 is 2.56 bits per heavy atom. The Hall–Kier alpha value is -3.81. The van der Waals surface area contributed by atoms with Crippen molar-refractivity contribution in [2.24, 2.45) is 0 Å². The Morgan fingerprint density at radius 1 is 1.18 bits per heavy atom. The summed E-state index contributed by atoms with van der Waals surface area (Å²) in [5.74, 6) is -1.88. The molecule has 3 atom stereocenters. The van der Waals surface area contributed by atoms with Crippen LogP contribution in [0, 0.1) is 0 Å². The summed E-state index contributed by atoms with van der Waals surface area (Å²) < 4.78 is 36.6. The molecule has 0 spiro atoms. The fraction of sp³-hybridized carbons (Fsp3) is 0.385. The third-order valence-electron chi connectivity index (χ3n) is 6.12. The molecule has 0 aliphatic carbocycles. The van der Waals surface area contributed by atoms with Crippen molar-refractivity contribution in [3.63, 3.8) is 0 Å². The summed E-state index contributed by atoms with van der Waals surface area (Å²) in [6, 6.07) is 9.61. The van der Waals surface area contributed by atoms with E-state index < -0.39 is 40.5 Å². The van der Waals surface area contributed by atoms with Crippen molar-refractivity contribution in [3.05, 3.63) is 54.4 Å². The normalized spacial score (nSPS) is 14.1. The number of nitrogens with one attached hydrogen (secondary N) is 2. The number of aliphatic carboxylic acids is 1. The van der Waals surface area contributed by atoms with E-state index in [-0.39, 0.29) is 28.5 Å². The highest BCUT2D eigenvalue weighted by molar-refractivity contribution is 7.89.